The highest BCUT2D eigenvalue weighted by Crippen LogP contribution is 2.41. The molecule has 3 aliphatic rings. The topological polar surface area (TPSA) is 102 Å². The number of rotatable bonds is 8. The molecule has 196 valence electrons. The summed E-state index contributed by atoms with van der Waals surface area (Å²) in [5.41, 5.74) is 5.88. The van der Waals surface area contributed by atoms with Crippen LogP contribution in [0.2, 0.25) is 0 Å². The quantitative estimate of drug-likeness (QED) is 0.365. The fraction of sp³-hybridized carbons (Fsp3) is 0.417. The number of likely N-dealkylation sites (tertiary alicyclic amines) is 1. The maximum atomic E-state index is 14.8. The number of alkyl halides is 3. The SMILES string of the molecule is O=C(N[C@@H](c1ccccc1)c1ccc(C2CC2)c(F)n1)[C@@H]1C[C@@H](F)CN1C(=O)CN1NNN=C1C(F)F. The molecule has 1 aromatic heterocycles. The Kier molecular flexibility index (Phi) is 6.96. The first kappa shape index (κ1) is 24.9. The third-order valence-electron chi connectivity index (χ3n) is 6.63. The number of nitrogens with zero attached hydrogens (tertiary/aromatic N) is 4. The van der Waals surface area contributed by atoms with Gasteiger partial charge in [-0.15, -0.1) is 10.6 Å². The number of pyridine rings is 1. The summed E-state index contributed by atoms with van der Waals surface area (Å²) in [6.07, 6.45) is -2.88. The van der Waals surface area contributed by atoms with Crippen LogP contribution in [0.3, 0.4) is 0 Å². The van der Waals surface area contributed by atoms with E-state index in [1.807, 2.05) is 0 Å². The number of carbonyl (C=O) groups is 2. The van der Waals surface area contributed by atoms with E-state index in [2.05, 4.69) is 26.5 Å². The van der Waals surface area contributed by atoms with Crippen LogP contribution in [-0.4, -0.2) is 64.3 Å². The minimum atomic E-state index is -2.95. The van der Waals surface area contributed by atoms with E-state index in [-0.39, 0.29) is 24.6 Å². The van der Waals surface area contributed by atoms with E-state index >= 15 is 0 Å². The Morgan fingerprint density at radius 2 is 1.89 bits per heavy atom. The molecule has 5 rings (SSSR count). The van der Waals surface area contributed by atoms with Gasteiger partial charge in [-0.1, -0.05) is 36.4 Å². The average Bonchev–Trinajstić information content (AvgIpc) is 3.48. The third kappa shape index (κ3) is 5.36. The molecular formula is C24H25F4N7O2. The first-order valence-electron chi connectivity index (χ1n) is 11.9. The highest BCUT2D eigenvalue weighted by Gasteiger charge is 2.42. The monoisotopic (exact) mass is 519 g/mol. The minimum absolute atomic E-state index is 0.154. The summed E-state index contributed by atoms with van der Waals surface area (Å²) in [7, 11) is 0. The van der Waals surface area contributed by atoms with Crippen LogP contribution in [-0.2, 0) is 9.59 Å². The first-order chi connectivity index (χ1) is 17.8. The van der Waals surface area contributed by atoms with E-state index < -0.39 is 54.8 Å². The van der Waals surface area contributed by atoms with Crippen molar-refractivity contribution in [3.05, 3.63) is 65.2 Å². The molecule has 3 heterocycles. The van der Waals surface area contributed by atoms with Crippen LogP contribution in [0, 0.1) is 5.95 Å². The number of benzene rings is 1. The smallest absolute Gasteiger partial charge is 0.298 e. The second kappa shape index (κ2) is 10.3. The first-order valence-corrected chi connectivity index (χ1v) is 11.9. The van der Waals surface area contributed by atoms with Crippen LogP contribution in [0.25, 0.3) is 0 Å². The van der Waals surface area contributed by atoms with Crippen molar-refractivity contribution >= 4 is 17.6 Å². The molecule has 9 nitrogen and oxygen atoms in total. The number of amides is 2. The molecule has 2 amide bonds. The number of hydrogen-bond donors (Lipinski definition) is 3. The molecule has 37 heavy (non-hydrogen) atoms. The van der Waals surface area contributed by atoms with Gasteiger partial charge in [0.15, 0.2) is 0 Å². The lowest BCUT2D eigenvalue weighted by Crippen LogP contribution is -2.53. The molecule has 2 aromatic rings. The van der Waals surface area contributed by atoms with Crippen LogP contribution in [0.15, 0.2) is 47.6 Å². The van der Waals surface area contributed by atoms with E-state index in [4.69, 9.17) is 0 Å². The van der Waals surface area contributed by atoms with Gasteiger partial charge in [0.05, 0.1) is 18.3 Å². The lowest BCUT2D eigenvalue weighted by molar-refractivity contribution is -0.139. The molecule has 3 atom stereocenters. The molecular weight excluding hydrogens is 494 g/mol. The van der Waals surface area contributed by atoms with Crippen LogP contribution >= 0.6 is 0 Å². The lowest BCUT2D eigenvalue weighted by Gasteiger charge is -2.28. The van der Waals surface area contributed by atoms with Crippen molar-refractivity contribution in [3.8, 4) is 0 Å². The second-order valence-corrected chi connectivity index (χ2v) is 9.22. The van der Waals surface area contributed by atoms with Gasteiger partial charge in [0, 0.05) is 12.0 Å². The predicted octanol–water partition coefficient (Wildman–Crippen LogP) is 2.15. The van der Waals surface area contributed by atoms with Crippen molar-refractivity contribution in [3.63, 3.8) is 0 Å². The van der Waals surface area contributed by atoms with Gasteiger partial charge in [-0.25, -0.2) is 23.7 Å². The average molecular weight is 520 g/mol. The highest BCUT2D eigenvalue weighted by atomic mass is 19.3. The third-order valence-corrected chi connectivity index (χ3v) is 6.63. The van der Waals surface area contributed by atoms with Gasteiger partial charge in [-0.05, 0) is 30.4 Å². The van der Waals surface area contributed by atoms with Crippen LogP contribution < -0.4 is 16.4 Å². The van der Waals surface area contributed by atoms with Gasteiger partial charge in [-0.2, -0.15) is 4.39 Å². The number of halogens is 4. The maximum Gasteiger partial charge on any atom is 0.298 e. The Hall–Kier alpha value is -3.74. The Balaban J connectivity index is 1.35. The number of carbonyl (C=O) groups excluding carboxylic acids is 2. The number of nitrogens with one attached hydrogen (secondary N) is 3. The fourth-order valence-corrected chi connectivity index (χ4v) is 4.61. The molecule has 3 N–H and O–H groups in total. The molecule has 13 heteroatoms. The van der Waals surface area contributed by atoms with E-state index in [9.17, 15) is 27.2 Å². The summed E-state index contributed by atoms with van der Waals surface area (Å²) < 4.78 is 55.4. The Bertz CT molecular complexity index is 1190. The zero-order chi connectivity index (χ0) is 26.1. The van der Waals surface area contributed by atoms with Crippen molar-refractivity contribution in [2.45, 2.75) is 49.9 Å². The summed E-state index contributed by atoms with van der Waals surface area (Å²) >= 11 is 0. The van der Waals surface area contributed by atoms with Gasteiger partial charge in [0.2, 0.25) is 23.6 Å². The van der Waals surface area contributed by atoms with E-state index in [1.54, 1.807) is 42.5 Å². The van der Waals surface area contributed by atoms with Crippen LogP contribution in [0.5, 0.6) is 0 Å². The molecule has 1 aliphatic carbocycles. The van der Waals surface area contributed by atoms with Crippen LogP contribution in [0.1, 0.15) is 48.0 Å². The summed E-state index contributed by atoms with van der Waals surface area (Å²) in [6, 6.07) is 10.1. The fourth-order valence-electron chi connectivity index (χ4n) is 4.61. The largest absolute Gasteiger partial charge is 0.342 e. The summed E-state index contributed by atoms with van der Waals surface area (Å²) in [5, 5.41) is 6.96. The van der Waals surface area contributed by atoms with Gasteiger partial charge in [0.1, 0.15) is 18.8 Å². The number of aromatic nitrogens is 1. The van der Waals surface area contributed by atoms with E-state index in [0.717, 1.165) is 22.8 Å². The van der Waals surface area contributed by atoms with Crippen molar-refractivity contribution in [2.75, 3.05) is 13.1 Å². The van der Waals surface area contributed by atoms with Crippen molar-refractivity contribution in [1.29, 1.82) is 0 Å². The molecule has 0 unspecified atom stereocenters. The minimum Gasteiger partial charge on any atom is -0.342 e. The normalized spacial score (nSPS) is 22.1. The number of hydrogen-bond acceptors (Lipinski definition) is 7. The van der Waals surface area contributed by atoms with E-state index in [1.165, 1.54) is 0 Å². The van der Waals surface area contributed by atoms with Gasteiger partial charge in [-0.3, -0.25) is 14.6 Å². The van der Waals surface area contributed by atoms with Gasteiger partial charge in [0.25, 0.3) is 6.43 Å². The molecule has 1 saturated heterocycles. The maximum absolute atomic E-state index is 14.8. The standard InChI is InChI=1S/C24H25F4N7O2/c25-15-10-18(34(11-15)19(36)12-35-23(21(26)27)31-32-33-35)24(37)30-20(14-4-2-1-3-5-14)17-9-8-16(13-6-7-13)22(28)29-17/h1-5,8-9,13,15,18,20-21,32-33H,6-7,10-12H2,(H,30,37)/t15-,18+,20+/m1/s1. The van der Waals surface area contributed by atoms with Crippen molar-refractivity contribution in [2.24, 2.45) is 5.10 Å². The Labute approximate surface area is 209 Å². The summed E-state index contributed by atoms with van der Waals surface area (Å²) in [5.74, 6) is -2.54. The van der Waals surface area contributed by atoms with Gasteiger partial charge >= 0.3 is 0 Å². The van der Waals surface area contributed by atoms with Gasteiger partial charge < -0.3 is 10.2 Å². The van der Waals surface area contributed by atoms with Crippen LogP contribution in [0.4, 0.5) is 17.6 Å². The summed E-state index contributed by atoms with van der Waals surface area (Å²) in [6.45, 7) is -0.956. The second-order valence-electron chi connectivity index (χ2n) is 9.22. The van der Waals surface area contributed by atoms with Crippen molar-refractivity contribution < 1.29 is 27.2 Å². The van der Waals surface area contributed by atoms with Crippen molar-refractivity contribution in [1.82, 2.24) is 31.3 Å². The molecule has 1 saturated carbocycles. The zero-order valence-corrected chi connectivity index (χ0v) is 19.6. The molecule has 0 radical (unpaired) electrons. The number of hydrazine groups is 2. The van der Waals surface area contributed by atoms with E-state index in [0.29, 0.717) is 11.1 Å². The molecule has 1 aromatic carbocycles. The Morgan fingerprint density at radius 1 is 1.14 bits per heavy atom. The molecule has 0 bridgehead atoms. The number of amidine groups is 1. The molecule has 0 spiro atoms. The lowest BCUT2D eigenvalue weighted by atomic mass is 10.0. The molecule has 2 aliphatic heterocycles. The molecule has 2 fully saturated rings. The zero-order valence-electron chi connectivity index (χ0n) is 19.6. The highest BCUT2D eigenvalue weighted by molar-refractivity contribution is 5.93. The summed E-state index contributed by atoms with van der Waals surface area (Å²) in [4.78, 5) is 31.4. The Morgan fingerprint density at radius 3 is 2.57 bits per heavy atom. The predicted molar refractivity (Wildman–Crippen MR) is 124 cm³/mol. The number of hydrazone groups is 1.